The summed E-state index contributed by atoms with van der Waals surface area (Å²) in [4.78, 5) is 8.80. The smallest absolute Gasteiger partial charge is 0.163 e. The van der Waals surface area contributed by atoms with Gasteiger partial charge in [-0.25, -0.2) is 4.98 Å². The first-order valence-corrected chi connectivity index (χ1v) is 6.82. The lowest BCUT2D eigenvalue weighted by atomic mass is 10.2. The van der Waals surface area contributed by atoms with Gasteiger partial charge in [-0.3, -0.25) is 14.1 Å². The van der Waals surface area contributed by atoms with Crippen molar-refractivity contribution in [2.75, 3.05) is 0 Å². The first-order chi connectivity index (χ1) is 10.9. The molecule has 0 atom stereocenters. The van der Waals surface area contributed by atoms with Crippen LogP contribution in [0, 0.1) is 0 Å². The zero-order valence-electron chi connectivity index (χ0n) is 11.6. The molecule has 3 aromatic heterocycles. The van der Waals surface area contributed by atoms with Crippen molar-refractivity contribution in [1.82, 2.24) is 29.3 Å². The zero-order valence-corrected chi connectivity index (χ0v) is 11.6. The molecule has 0 amide bonds. The van der Waals surface area contributed by atoms with Crippen LogP contribution in [0.15, 0.2) is 73.7 Å². The van der Waals surface area contributed by atoms with Gasteiger partial charge in [0.05, 0.1) is 5.69 Å². The molecule has 4 aromatic rings. The van der Waals surface area contributed by atoms with E-state index in [0.717, 1.165) is 22.9 Å². The van der Waals surface area contributed by atoms with Crippen LogP contribution in [0.1, 0.15) is 0 Å². The summed E-state index contributed by atoms with van der Waals surface area (Å²) in [6, 6.07) is 13.9. The van der Waals surface area contributed by atoms with Crippen LogP contribution >= 0.6 is 0 Å². The number of rotatable bonds is 3. The highest BCUT2D eigenvalue weighted by atomic mass is 15.2. The largest absolute Gasteiger partial charge is 0.298 e. The van der Waals surface area contributed by atoms with Gasteiger partial charge in [0.1, 0.15) is 18.3 Å². The van der Waals surface area contributed by atoms with Crippen LogP contribution < -0.4 is 0 Å². The van der Waals surface area contributed by atoms with E-state index in [1.165, 1.54) is 0 Å². The molecule has 0 aliphatic heterocycles. The Morgan fingerprint density at radius 2 is 1.64 bits per heavy atom. The van der Waals surface area contributed by atoms with Crippen LogP contribution in [-0.4, -0.2) is 29.3 Å². The Kier molecular flexibility index (Phi) is 2.97. The second kappa shape index (κ2) is 5.25. The van der Waals surface area contributed by atoms with Gasteiger partial charge in [0, 0.05) is 24.3 Å². The first-order valence-electron chi connectivity index (χ1n) is 6.82. The van der Waals surface area contributed by atoms with Gasteiger partial charge >= 0.3 is 0 Å². The quantitative estimate of drug-likeness (QED) is 0.581. The fourth-order valence-electron chi connectivity index (χ4n) is 2.33. The molecule has 1 aromatic carbocycles. The molecule has 6 heteroatoms. The maximum atomic E-state index is 4.42. The highest BCUT2D eigenvalue weighted by Gasteiger charge is 2.09. The number of imidazole rings is 1. The molecule has 4 rings (SSSR count). The van der Waals surface area contributed by atoms with Crippen LogP contribution in [-0.2, 0) is 0 Å². The van der Waals surface area contributed by atoms with E-state index in [4.69, 9.17) is 0 Å². The Balaban J connectivity index is 1.81. The van der Waals surface area contributed by atoms with Gasteiger partial charge in [0.25, 0.3) is 0 Å². The van der Waals surface area contributed by atoms with Crippen molar-refractivity contribution in [1.29, 1.82) is 0 Å². The predicted octanol–water partition coefficient (Wildman–Crippen LogP) is 2.51. The van der Waals surface area contributed by atoms with Gasteiger partial charge in [-0.05, 0) is 30.3 Å². The Labute approximate surface area is 126 Å². The van der Waals surface area contributed by atoms with Crippen molar-refractivity contribution >= 4 is 0 Å². The molecule has 0 unspecified atom stereocenters. The maximum Gasteiger partial charge on any atom is 0.163 e. The lowest BCUT2D eigenvalue weighted by molar-refractivity contribution is 1.02. The summed E-state index contributed by atoms with van der Waals surface area (Å²) >= 11 is 0. The van der Waals surface area contributed by atoms with E-state index >= 15 is 0 Å². The summed E-state index contributed by atoms with van der Waals surface area (Å²) in [5.74, 6) is 0.807. The third kappa shape index (κ3) is 2.16. The van der Waals surface area contributed by atoms with E-state index in [2.05, 4.69) is 26.2 Å². The molecule has 0 aliphatic carbocycles. The van der Waals surface area contributed by atoms with E-state index in [9.17, 15) is 0 Å². The van der Waals surface area contributed by atoms with E-state index in [1.54, 1.807) is 25.0 Å². The van der Waals surface area contributed by atoms with Crippen molar-refractivity contribution < 1.29 is 0 Å². The van der Waals surface area contributed by atoms with E-state index < -0.39 is 0 Å². The molecule has 106 valence electrons. The summed E-state index contributed by atoms with van der Waals surface area (Å²) in [5.41, 5.74) is 2.83. The molecule has 3 heterocycles. The van der Waals surface area contributed by atoms with Crippen molar-refractivity contribution in [2.24, 2.45) is 0 Å². The molecule has 0 saturated carbocycles. The molecular weight excluding hydrogens is 276 g/mol. The van der Waals surface area contributed by atoms with E-state index in [-0.39, 0.29) is 0 Å². The number of hydrogen-bond donors (Lipinski definition) is 0. The number of hydrogen-bond acceptors (Lipinski definition) is 4. The highest BCUT2D eigenvalue weighted by Crippen LogP contribution is 2.21. The lowest BCUT2D eigenvalue weighted by Crippen LogP contribution is -1.99. The number of nitrogens with zero attached hydrogens (tertiary/aromatic N) is 6. The second-order valence-corrected chi connectivity index (χ2v) is 4.72. The summed E-state index contributed by atoms with van der Waals surface area (Å²) < 4.78 is 3.87. The van der Waals surface area contributed by atoms with Crippen LogP contribution in [0.5, 0.6) is 0 Å². The monoisotopic (exact) mass is 288 g/mol. The van der Waals surface area contributed by atoms with E-state index in [1.807, 2.05) is 51.7 Å². The summed E-state index contributed by atoms with van der Waals surface area (Å²) in [5, 5.41) is 7.68. The summed E-state index contributed by atoms with van der Waals surface area (Å²) in [6.45, 7) is 0. The molecule has 6 nitrogen and oxygen atoms in total. The third-order valence-corrected chi connectivity index (χ3v) is 3.36. The molecular formula is C16H12N6. The average Bonchev–Trinajstić information content (AvgIpc) is 3.27. The third-order valence-electron chi connectivity index (χ3n) is 3.36. The number of benzene rings is 1. The van der Waals surface area contributed by atoms with E-state index in [0.29, 0.717) is 0 Å². The van der Waals surface area contributed by atoms with Crippen molar-refractivity contribution in [3.8, 4) is 22.9 Å². The summed E-state index contributed by atoms with van der Waals surface area (Å²) in [6.07, 6.45) is 8.81. The van der Waals surface area contributed by atoms with Crippen LogP contribution in [0.25, 0.3) is 22.9 Å². The first kappa shape index (κ1) is 12.5. The van der Waals surface area contributed by atoms with Crippen LogP contribution in [0.4, 0.5) is 0 Å². The SMILES string of the molecule is c1ccc(-c2nccn2-c2cccc(-n3cnnc3)c2)nc1. The Bertz CT molecular complexity index is 880. The Hall–Kier alpha value is -3.28. The van der Waals surface area contributed by atoms with Crippen molar-refractivity contribution in [3.63, 3.8) is 0 Å². The maximum absolute atomic E-state index is 4.42. The molecule has 0 saturated heterocycles. The number of aromatic nitrogens is 6. The Morgan fingerprint density at radius 3 is 2.45 bits per heavy atom. The highest BCUT2D eigenvalue weighted by molar-refractivity contribution is 5.55. The van der Waals surface area contributed by atoms with Gasteiger partial charge in [0.2, 0.25) is 0 Å². The standard InChI is InChI=1S/C16H12N6/c1-2-7-17-15(6-1)16-18-8-9-22(16)14-5-3-4-13(10-14)21-11-19-20-12-21/h1-12H. The lowest BCUT2D eigenvalue weighted by Gasteiger charge is -2.09. The van der Waals surface area contributed by atoms with Crippen LogP contribution in [0.3, 0.4) is 0 Å². The molecule has 0 aliphatic rings. The fraction of sp³-hybridized carbons (Fsp3) is 0. The van der Waals surface area contributed by atoms with Gasteiger partial charge in [-0.1, -0.05) is 12.1 Å². The van der Waals surface area contributed by atoms with Crippen LogP contribution in [0.2, 0.25) is 0 Å². The minimum atomic E-state index is 0.807. The average molecular weight is 288 g/mol. The molecule has 0 bridgehead atoms. The summed E-state index contributed by atoms with van der Waals surface area (Å²) in [7, 11) is 0. The molecule has 0 fully saturated rings. The molecule has 0 N–H and O–H groups in total. The predicted molar refractivity (Wildman–Crippen MR) is 81.7 cm³/mol. The minimum Gasteiger partial charge on any atom is -0.298 e. The molecule has 22 heavy (non-hydrogen) atoms. The van der Waals surface area contributed by atoms with Gasteiger partial charge in [0.15, 0.2) is 5.82 Å². The van der Waals surface area contributed by atoms with Gasteiger partial charge < -0.3 is 0 Å². The van der Waals surface area contributed by atoms with Crippen molar-refractivity contribution in [3.05, 3.63) is 73.7 Å². The topological polar surface area (TPSA) is 61.4 Å². The minimum absolute atomic E-state index is 0.807. The van der Waals surface area contributed by atoms with Gasteiger partial charge in [-0.15, -0.1) is 10.2 Å². The normalized spacial score (nSPS) is 10.7. The molecule has 0 spiro atoms. The second-order valence-electron chi connectivity index (χ2n) is 4.72. The van der Waals surface area contributed by atoms with Gasteiger partial charge in [-0.2, -0.15) is 0 Å². The molecule has 0 radical (unpaired) electrons. The number of pyridine rings is 1. The van der Waals surface area contributed by atoms with Crippen molar-refractivity contribution in [2.45, 2.75) is 0 Å². The fourth-order valence-corrected chi connectivity index (χ4v) is 2.33. The Morgan fingerprint density at radius 1 is 0.773 bits per heavy atom. The zero-order chi connectivity index (χ0) is 14.8.